The van der Waals surface area contributed by atoms with E-state index in [4.69, 9.17) is 0 Å². The molecule has 0 N–H and O–H groups in total. The van der Waals surface area contributed by atoms with Gasteiger partial charge in [0.05, 0.1) is 0 Å². The van der Waals surface area contributed by atoms with Crippen LogP contribution in [0.15, 0.2) is 11.6 Å². The second-order valence-electron chi connectivity index (χ2n) is 9.35. The highest BCUT2D eigenvalue weighted by Crippen LogP contribution is 2.70. The lowest BCUT2D eigenvalue weighted by Gasteiger charge is -2.49. The predicted octanol–water partition coefficient (Wildman–Crippen LogP) is 4.58. The summed E-state index contributed by atoms with van der Waals surface area (Å²) < 4.78 is 0. The third-order valence-corrected chi connectivity index (χ3v) is 8.58. The Bertz CT molecular complexity index is 603. The maximum Gasteiger partial charge on any atom is 0.155 e. The van der Waals surface area contributed by atoms with E-state index in [-0.39, 0.29) is 16.7 Å². The largest absolute Gasteiger partial charge is 0.300 e. The maximum atomic E-state index is 12.2. The molecule has 4 aliphatic carbocycles. The molecule has 0 amide bonds. The minimum atomic E-state index is 0.204. The standard InChI is InChI=1S/C21H30O2/c1-12-18-11-14(23)7-9-21(18,4)17-8-10-20(3)15(13(2)22)5-6-16(20)19(12)17/h11-12,15-17,19H,5-10H2,1-4H3/t12-,15+,16-,17-,19+,20-,21+/m0/s1. The van der Waals surface area contributed by atoms with E-state index in [1.54, 1.807) is 6.92 Å². The number of hydrogen-bond donors (Lipinski definition) is 0. The van der Waals surface area contributed by atoms with Crippen LogP contribution in [0.4, 0.5) is 0 Å². The molecule has 3 fully saturated rings. The van der Waals surface area contributed by atoms with Crippen molar-refractivity contribution < 1.29 is 9.59 Å². The van der Waals surface area contributed by atoms with E-state index in [0.717, 1.165) is 25.2 Å². The monoisotopic (exact) mass is 314 g/mol. The Morgan fingerprint density at radius 3 is 2.57 bits per heavy atom. The molecule has 0 radical (unpaired) electrons. The first-order valence-corrected chi connectivity index (χ1v) is 9.54. The third-order valence-electron chi connectivity index (χ3n) is 8.58. The number of allylic oxidation sites excluding steroid dienone is 2. The molecule has 2 heteroatoms. The number of hydrogen-bond acceptors (Lipinski definition) is 2. The summed E-state index contributed by atoms with van der Waals surface area (Å²) in [4.78, 5) is 24.2. The molecule has 126 valence electrons. The normalized spacial score (nSPS) is 51.7. The van der Waals surface area contributed by atoms with E-state index in [1.165, 1.54) is 24.8 Å². The van der Waals surface area contributed by atoms with Gasteiger partial charge in [-0.15, -0.1) is 0 Å². The Balaban J connectivity index is 1.75. The highest BCUT2D eigenvalue weighted by Gasteiger charge is 2.63. The minimum absolute atomic E-state index is 0.204. The van der Waals surface area contributed by atoms with Gasteiger partial charge in [-0.05, 0) is 79.6 Å². The SMILES string of the molecule is CC(=O)[C@H]1CC[C@H]2[C@H]3[C@@H](C)C4=CC(=O)CC[C@]4(C)[C@H]3CC[C@@]12C. The van der Waals surface area contributed by atoms with Crippen LogP contribution in [0.2, 0.25) is 0 Å². The van der Waals surface area contributed by atoms with Crippen LogP contribution in [0.3, 0.4) is 0 Å². The summed E-state index contributed by atoms with van der Waals surface area (Å²) in [6.45, 7) is 8.97. The highest BCUT2D eigenvalue weighted by molar-refractivity contribution is 5.92. The second-order valence-corrected chi connectivity index (χ2v) is 9.35. The highest BCUT2D eigenvalue weighted by atomic mass is 16.1. The fraction of sp³-hybridized carbons (Fsp3) is 0.810. The summed E-state index contributed by atoms with van der Waals surface area (Å²) >= 11 is 0. The quantitative estimate of drug-likeness (QED) is 0.710. The van der Waals surface area contributed by atoms with Gasteiger partial charge in [0, 0.05) is 12.3 Å². The Morgan fingerprint density at radius 2 is 1.87 bits per heavy atom. The van der Waals surface area contributed by atoms with Crippen molar-refractivity contribution in [2.24, 2.45) is 40.4 Å². The molecular weight excluding hydrogens is 284 g/mol. The smallest absolute Gasteiger partial charge is 0.155 e. The average molecular weight is 314 g/mol. The first-order chi connectivity index (χ1) is 10.8. The van der Waals surface area contributed by atoms with Gasteiger partial charge in [0.15, 0.2) is 5.78 Å². The number of ketones is 2. The van der Waals surface area contributed by atoms with Gasteiger partial charge < -0.3 is 0 Å². The van der Waals surface area contributed by atoms with Crippen molar-refractivity contribution in [3.05, 3.63) is 11.6 Å². The van der Waals surface area contributed by atoms with Crippen LogP contribution >= 0.6 is 0 Å². The number of carbonyl (C=O) groups is 2. The Hall–Kier alpha value is -0.920. The number of fused-ring (bicyclic) bond motifs is 5. The molecule has 0 aliphatic heterocycles. The summed E-state index contributed by atoms with van der Waals surface area (Å²) in [6.07, 6.45) is 8.52. The number of rotatable bonds is 1. The zero-order chi connectivity index (χ0) is 16.6. The van der Waals surface area contributed by atoms with Crippen LogP contribution in [0, 0.1) is 40.4 Å². The van der Waals surface area contributed by atoms with E-state index in [1.807, 2.05) is 6.08 Å². The van der Waals surface area contributed by atoms with E-state index in [0.29, 0.717) is 29.3 Å². The van der Waals surface area contributed by atoms with Crippen LogP contribution in [0.1, 0.15) is 66.2 Å². The lowest BCUT2D eigenvalue weighted by atomic mass is 9.54. The molecule has 0 aromatic rings. The molecule has 0 unspecified atom stereocenters. The molecule has 2 nitrogen and oxygen atoms in total. The van der Waals surface area contributed by atoms with Gasteiger partial charge in [-0.1, -0.05) is 26.3 Å². The first kappa shape index (κ1) is 15.6. The topological polar surface area (TPSA) is 34.1 Å². The van der Waals surface area contributed by atoms with Crippen molar-refractivity contribution >= 4 is 11.6 Å². The summed E-state index contributed by atoms with van der Waals surface area (Å²) in [6, 6.07) is 0. The van der Waals surface area contributed by atoms with Crippen molar-refractivity contribution in [3.63, 3.8) is 0 Å². The lowest BCUT2D eigenvalue weighted by molar-refractivity contribution is -0.126. The van der Waals surface area contributed by atoms with Gasteiger partial charge in [-0.25, -0.2) is 0 Å². The molecular formula is C21H30O2. The molecule has 0 saturated heterocycles. The summed E-state index contributed by atoms with van der Waals surface area (Å²) in [7, 11) is 0. The Labute approximate surface area is 140 Å². The summed E-state index contributed by atoms with van der Waals surface area (Å²) in [5, 5.41) is 0. The maximum absolute atomic E-state index is 12.2. The van der Waals surface area contributed by atoms with Crippen LogP contribution in [-0.2, 0) is 9.59 Å². The predicted molar refractivity (Wildman–Crippen MR) is 90.8 cm³/mol. The molecule has 0 heterocycles. The molecule has 0 spiro atoms. The molecule has 0 aromatic heterocycles. The zero-order valence-corrected chi connectivity index (χ0v) is 15.0. The van der Waals surface area contributed by atoms with Crippen molar-refractivity contribution in [1.29, 1.82) is 0 Å². The second kappa shape index (κ2) is 4.80. The van der Waals surface area contributed by atoms with E-state index in [9.17, 15) is 9.59 Å². The molecule has 23 heavy (non-hydrogen) atoms. The minimum Gasteiger partial charge on any atom is -0.300 e. The van der Waals surface area contributed by atoms with E-state index < -0.39 is 0 Å². The fourth-order valence-corrected chi connectivity index (χ4v) is 7.50. The zero-order valence-electron chi connectivity index (χ0n) is 15.0. The Morgan fingerprint density at radius 1 is 1.13 bits per heavy atom. The van der Waals surface area contributed by atoms with Gasteiger partial charge >= 0.3 is 0 Å². The number of carbonyl (C=O) groups excluding carboxylic acids is 2. The molecule has 4 rings (SSSR count). The number of Topliss-reactive ketones (excluding diaryl/α,β-unsaturated/α-hetero) is 1. The van der Waals surface area contributed by atoms with Crippen molar-refractivity contribution in [2.75, 3.05) is 0 Å². The third kappa shape index (κ3) is 1.87. The molecule has 0 bridgehead atoms. The van der Waals surface area contributed by atoms with E-state index in [2.05, 4.69) is 20.8 Å². The van der Waals surface area contributed by atoms with Gasteiger partial charge in [-0.2, -0.15) is 0 Å². The van der Waals surface area contributed by atoms with Crippen molar-refractivity contribution in [3.8, 4) is 0 Å². The van der Waals surface area contributed by atoms with E-state index >= 15 is 0 Å². The van der Waals surface area contributed by atoms with Crippen LogP contribution < -0.4 is 0 Å². The van der Waals surface area contributed by atoms with Crippen LogP contribution in [0.25, 0.3) is 0 Å². The van der Waals surface area contributed by atoms with Gasteiger partial charge in [0.2, 0.25) is 0 Å². The average Bonchev–Trinajstić information content (AvgIpc) is 2.94. The molecule has 0 aromatic carbocycles. The van der Waals surface area contributed by atoms with Crippen LogP contribution in [-0.4, -0.2) is 11.6 Å². The summed E-state index contributed by atoms with van der Waals surface area (Å²) in [5.41, 5.74) is 1.89. The lowest BCUT2D eigenvalue weighted by Crippen LogP contribution is -2.45. The fourth-order valence-electron chi connectivity index (χ4n) is 7.50. The first-order valence-electron chi connectivity index (χ1n) is 9.54. The summed E-state index contributed by atoms with van der Waals surface area (Å²) in [5.74, 6) is 3.59. The van der Waals surface area contributed by atoms with Crippen LogP contribution in [0.5, 0.6) is 0 Å². The van der Waals surface area contributed by atoms with Gasteiger partial charge in [0.25, 0.3) is 0 Å². The van der Waals surface area contributed by atoms with Crippen molar-refractivity contribution in [1.82, 2.24) is 0 Å². The molecule has 4 aliphatic rings. The van der Waals surface area contributed by atoms with Gasteiger partial charge in [-0.3, -0.25) is 9.59 Å². The van der Waals surface area contributed by atoms with Crippen molar-refractivity contribution in [2.45, 2.75) is 66.2 Å². The van der Waals surface area contributed by atoms with Gasteiger partial charge in [0.1, 0.15) is 5.78 Å². The molecule has 7 atom stereocenters. The molecule has 3 saturated carbocycles. The Kier molecular flexibility index (Phi) is 3.26.